The average Bonchev–Trinajstić information content (AvgIpc) is 3.04. The molecular formula is C18H15BrN4O3. The predicted octanol–water partition coefficient (Wildman–Crippen LogP) is 3.13. The molecule has 0 bridgehead atoms. The van der Waals surface area contributed by atoms with Crippen LogP contribution >= 0.6 is 15.9 Å². The number of amides is 1. The third-order valence-corrected chi connectivity index (χ3v) is 4.09. The molecular weight excluding hydrogens is 400 g/mol. The molecule has 1 aromatic carbocycles. The summed E-state index contributed by atoms with van der Waals surface area (Å²) in [6.45, 7) is 1.35. The smallest absolute Gasteiger partial charge is 0.342 e. The number of esters is 1. The highest BCUT2D eigenvalue weighted by atomic mass is 79.9. The number of pyridine rings is 1. The minimum absolute atomic E-state index is 0.284. The maximum absolute atomic E-state index is 12.2. The quantitative estimate of drug-likeness (QED) is 0.648. The first-order valence-corrected chi connectivity index (χ1v) is 8.52. The van der Waals surface area contributed by atoms with Crippen LogP contribution in [0.3, 0.4) is 0 Å². The number of carbonyl (C=O) groups is 2. The lowest BCUT2D eigenvalue weighted by molar-refractivity contribution is -0.119. The Morgan fingerprint density at radius 2 is 1.96 bits per heavy atom. The molecule has 2 heterocycles. The van der Waals surface area contributed by atoms with E-state index in [2.05, 4.69) is 31.3 Å². The topological polar surface area (TPSA) is 86.1 Å². The van der Waals surface area contributed by atoms with Gasteiger partial charge in [0.2, 0.25) is 0 Å². The summed E-state index contributed by atoms with van der Waals surface area (Å²) in [5.41, 5.74) is 1.49. The van der Waals surface area contributed by atoms with Gasteiger partial charge in [0, 0.05) is 16.4 Å². The van der Waals surface area contributed by atoms with Gasteiger partial charge in [-0.1, -0.05) is 22.0 Å². The molecule has 0 atom stereocenters. The SMILES string of the molecule is Cc1c(C(=O)OCC(=O)Nc2ccc(Br)cc2)cnn1-c1ccccn1. The van der Waals surface area contributed by atoms with Crippen molar-refractivity contribution in [2.45, 2.75) is 6.92 Å². The molecule has 1 amide bonds. The molecule has 132 valence electrons. The predicted molar refractivity (Wildman–Crippen MR) is 99.2 cm³/mol. The minimum Gasteiger partial charge on any atom is -0.452 e. The fourth-order valence-corrected chi connectivity index (χ4v) is 2.52. The van der Waals surface area contributed by atoms with Crippen molar-refractivity contribution < 1.29 is 14.3 Å². The summed E-state index contributed by atoms with van der Waals surface area (Å²) in [5, 5.41) is 6.81. The van der Waals surface area contributed by atoms with Crippen LogP contribution in [0, 0.1) is 6.92 Å². The molecule has 1 N–H and O–H groups in total. The van der Waals surface area contributed by atoms with Gasteiger partial charge in [-0.05, 0) is 43.3 Å². The Labute approximate surface area is 158 Å². The summed E-state index contributed by atoms with van der Waals surface area (Å²) < 4.78 is 7.53. The summed E-state index contributed by atoms with van der Waals surface area (Å²) in [6, 6.07) is 12.5. The Bertz CT molecular complexity index is 923. The Morgan fingerprint density at radius 3 is 2.65 bits per heavy atom. The third-order valence-electron chi connectivity index (χ3n) is 3.56. The van der Waals surface area contributed by atoms with Crippen molar-refractivity contribution in [1.29, 1.82) is 0 Å². The molecule has 0 fully saturated rings. The first kappa shape index (κ1) is 17.8. The Kier molecular flexibility index (Phi) is 5.43. The van der Waals surface area contributed by atoms with Crippen LogP contribution in [0.15, 0.2) is 59.3 Å². The first-order valence-electron chi connectivity index (χ1n) is 7.73. The molecule has 0 aliphatic heterocycles. The van der Waals surface area contributed by atoms with Gasteiger partial charge in [-0.3, -0.25) is 4.79 Å². The van der Waals surface area contributed by atoms with E-state index in [0.29, 0.717) is 17.2 Å². The van der Waals surface area contributed by atoms with E-state index in [1.54, 1.807) is 54.2 Å². The van der Waals surface area contributed by atoms with Crippen LogP contribution in [0.4, 0.5) is 5.69 Å². The number of aromatic nitrogens is 3. The van der Waals surface area contributed by atoms with Crippen LogP contribution < -0.4 is 5.32 Å². The second-order valence-electron chi connectivity index (χ2n) is 5.37. The second kappa shape index (κ2) is 7.92. The van der Waals surface area contributed by atoms with Crippen molar-refractivity contribution in [3.63, 3.8) is 0 Å². The molecule has 8 heteroatoms. The van der Waals surface area contributed by atoms with E-state index in [-0.39, 0.29) is 12.2 Å². The first-order chi connectivity index (χ1) is 12.5. The van der Waals surface area contributed by atoms with Crippen LogP contribution in [0.25, 0.3) is 5.82 Å². The van der Waals surface area contributed by atoms with Crippen molar-refractivity contribution in [1.82, 2.24) is 14.8 Å². The largest absolute Gasteiger partial charge is 0.452 e. The molecule has 0 aliphatic rings. The summed E-state index contributed by atoms with van der Waals surface area (Å²) in [6.07, 6.45) is 3.04. The summed E-state index contributed by atoms with van der Waals surface area (Å²) in [4.78, 5) is 28.3. The van der Waals surface area contributed by atoms with Crippen molar-refractivity contribution in [2.24, 2.45) is 0 Å². The standard InChI is InChI=1S/C18H15BrN4O3/c1-12-15(10-21-23(12)16-4-2-3-9-20-16)18(25)26-11-17(24)22-14-7-5-13(19)6-8-14/h2-10H,11H2,1H3,(H,22,24). The van der Waals surface area contributed by atoms with Crippen molar-refractivity contribution >= 4 is 33.5 Å². The fraction of sp³-hybridized carbons (Fsp3) is 0.111. The van der Waals surface area contributed by atoms with Crippen LogP contribution in [0.2, 0.25) is 0 Å². The third kappa shape index (κ3) is 4.15. The monoisotopic (exact) mass is 414 g/mol. The van der Waals surface area contributed by atoms with Crippen LogP contribution in [0.1, 0.15) is 16.1 Å². The molecule has 0 unspecified atom stereocenters. The van der Waals surface area contributed by atoms with E-state index in [4.69, 9.17) is 4.74 Å². The number of hydrogen-bond donors (Lipinski definition) is 1. The zero-order chi connectivity index (χ0) is 18.5. The van der Waals surface area contributed by atoms with E-state index < -0.39 is 11.9 Å². The number of nitrogens with zero attached hydrogens (tertiary/aromatic N) is 3. The van der Waals surface area contributed by atoms with Gasteiger partial charge in [-0.2, -0.15) is 5.10 Å². The highest BCUT2D eigenvalue weighted by Crippen LogP contribution is 2.15. The lowest BCUT2D eigenvalue weighted by atomic mass is 10.2. The number of nitrogens with one attached hydrogen (secondary N) is 1. The maximum atomic E-state index is 12.2. The van der Waals surface area contributed by atoms with Gasteiger partial charge in [0.25, 0.3) is 5.91 Å². The number of rotatable bonds is 5. The average molecular weight is 415 g/mol. The molecule has 3 rings (SSSR count). The second-order valence-corrected chi connectivity index (χ2v) is 6.29. The molecule has 0 aliphatic carbocycles. The summed E-state index contributed by atoms with van der Waals surface area (Å²) in [5.74, 6) is -0.442. The Balaban J connectivity index is 1.61. The van der Waals surface area contributed by atoms with Gasteiger partial charge in [-0.25, -0.2) is 14.5 Å². The van der Waals surface area contributed by atoms with Crippen LogP contribution in [-0.4, -0.2) is 33.2 Å². The lowest BCUT2D eigenvalue weighted by Gasteiger charge is -2.07. The van der Waals surface area contributed by atoms with E-state index in [0.717, 1.165) is 4.47 Å². The minimum atomic E-state index is -0.615. The number of carbonyl (C=O) groups excluding carboxylic acids is 2. The van der Waals surface area contributed by atoms with E-state index in [1.807, 2.05) is 6.07 Å². The van der Waals surface area contributed by atoms with Crippen LogP contribution in [0.5, 0.6) is 0 Å². The van der Waals surface area contributed by atoms with Crippen molar-refractivity contribution in [3.8, 4) is 5.82 Å². The highest BCUT2D eigenvalue weighted by molar-refractivity contribution is 9.10. The fourth-order valence-electron chi connectivity index (χ4n) is 2.26. The van der Waals surface area contributed by atoms with Gasteiger partial charge in [0.15, 0.2) is 12.4 Å². The zero-order valence-corrected chi connectivity index (χ0v) is 15.4. The molecule has 0 radical (unpaired) electrons. The van der Waals surface area contributed by atoms with Crippen molar-refractivity contribution in [2.75, 3.05) is 11.9 Å². The van der Waals surface area contributed by atoms with E-state index >= 15 is 0 Å². The lowest BCUT2D eigenvalue weighted by Crippen LogP contribution is -2.21. The normalized spacial score (nSPS) is 10.4. The summed E-state index contributed by atoms with van der Waals surface area (Å²) >= 11 is 3.32. The van der Waals surface area contributed by atoms with Gasteiger partial charge in [-0.15, -0.1) is 0 Å². The number of anilines is 1. The number of benzene rings is 1. The molecule has 0 saturated carbocycles. The Hall–Kier alpha value is -3.00. The van der Waals surface area contributed by atoms with Crippen molar-refractivity contribution in [3.05, 3.63) is 70.6 Å². The van der Waals surface area contributed by atoms with Gasteiger partial charge in [0.05, 0.1) is 11.9 Å². The van der Waals surface area contributed by atoms with Gasteiger partial charge >= 0.3 is 5.97 Å². The zero-order valence-electron chi connectivity index (χ0n) is 13.8. The molecule has 26 heavy (non-hydrogen) atoms. The molecule has 7 nitrogen and oxygen atoms in total. The molecule has 3 aromatic rings. The maximum Gasteiger partial charge on any atom is 0.342 e. The molecule has 0 spiro atoms. The Morgan fingerprint density at radius 1 is 1.19 bits per heavy atom. The summed E-state index contributed by atoms with van der Waals surface area (Å²) in [7, 11) is 0. The number of halogens is 1. The number of hydrogen-bond acceptors (Lipinski definition) is 5. The van der Waals surface area contributed by atoms with Gasteiger partial charge < -0.3 is 10.1 Å². The molecule has 2 aromatic heterocycles. The van der Waals surface area contributed by atoms with Gasteiger partial charge in [0.1, 0.15) is 5.56 Å². The number of ether oxygens (including phenoxy) is 1. The molecule has 0 saturated heterocycles. The highest BCUT2D eigenvalue weighted by Gasteiger charge is 2.18. The van der Waals surface area contributed by atoms with E-state index in [1.165, 1.54) is 6.20 Å². The van der Waals surface area contributed by atoms with Crippen LogP contribution in [-0.2, 0) is 9.53 Å². The van der Waals surface area contributed by atoms with E-state index in [9.17, 15) is 9.59 Å².